The van der Waals surface area contributed by atoms with Gasteiger partial charge in [0.2, 0.25) is 0 Å². The lowest BCUT2D eigenvalue weighted by Crippen LogP contribution is -2.48. The molecule has 1 saturated heterocycles. The monoisotopic (exact) mass is 593 g/mol. The van der Waals surface area contributed by atoms with Crippen molar-refractivity contribution in [3.63, 3.8) is 0 Å². The standard InChI is InChI=1S/C34H41F2N3O4/c1-4-23-9-5-10-25(19-23)31-28(12-6-13-29(31)35)34(42,16-8-17-38-33(41)43-3)26-11-7-18-39(22-26)32(40)27-15-14-24(21-37-2)20-30(27)36/h5-6,9-10,12-15,19-20,26,37,42H,4,7-8,11,16-18,21-22H2,1-3H3,(H,38,41). The summed E-state index contributed by atoms with van der Waals surface area (Å²) in [4.78, 5) is 26.8. The number of likely N-dealkylation sites (tertiary alicyclic amines) is 1. The smallest absolute Gasteiger partial charge is 0.406 e. The van der Waals surface area contributed by atoms with E-state index >= 15 is 8.78 Å². The minimum atomic E-state index is -1.55. The Bertz CT molecular complexity index is 1430. The van der Waals surface area contributed by atoms with E-state index in [-0.39, 0.29) is 25.1 Å². The molecule has 0 aromatic heterocycles. The van der Waals surface area contributed by atoms with Crippen molar-refractivity contribution < 1.29 is 28.2 Å². The highest BCUT2D eigenvalue weighted by molar-refractivity contribution is 5.94. The van der Waals surface area contributed by atoms with Crippen LogP contribution in [0.15, 0.2) is 60.7 Å². The van der Waals surface area contributed by atoms with Crippen molar-refractivity contribution in [3.05, 3.63) is 94.6 Å². The number of alkyl carbamates (subject to hydrolysis) is 1. The Morgan fingerprint density at radius 3 is 2.58 bits per heavy atom. The normalized spacial score (nSPS) is 16.4. The highest BCUT2D eigenvalue weighted by atomic mass is 19.1. The maximum absolute atomic E-state index is 15.7. The number of carbonyl (C=O) groups excluding carboxylic acids is 2. The number of methoxy groups -OCH3 is 1. The lowest BCUT2D eigenvalue weighted by Gasteiger charge is -2.43. The molecule has 1 aliphatic heterocycles. The minimum Gasteiger partial charge on any atom is -0.453 e. The summed E-state index contributed by atoms with van der Waals surface area (Å²) in [7, 11) is 3.04. The number of halogens is 2. The van der Waals surface area contributed by atoms with Gasteiger partial charge in [0.05, 0.1) is 18.3 Å². The first-order valence-electron chi connectivity index (χ1n) is 14.9. The molecule has 1 fully saturated rings. The third kappa shape index (κ3) is 7.40. The summed E-state index contributed by atoms with van der Waals surface area (Å²) >= 11 is 0. The Labute approximate surface area is 252 Å². The number of ether oxygens (including phenoxy) is 1. The first-order chi connectivity index (χ1) is 20.7. The fourth-order valence-corrected chi connectivity index (χ4v) is 6.07. The van der Waals surface area contributed by atoms with E-state index in [1.54, 1.807) is 30.1 Å². The minimum absolute atomic E-state index is 0.0193. The Morgan fingerprint density at radius 1 is 1.07 bits per heavy atom. The largest absolute Gasteiger partial charge is 0.453 e. The fourth-order valence-electron chi connectivity index (χ4n) is 6.07. The van der Waals surface area contributed by atoms with Gasteiger partial charge in [-0.2, -0.15) is 0 Å². The van der Waals surface area contributed by atoms with Gasteiger partial charge in [-0.05, 0) is 79.6 Å². The quantitative estimate of drug-likeness (QED) is 0.245. The molecule has 9 heteroatoms. The highest BCUT2D eigenvalue weighted by Crippen LogP contribution is 2.44. The van der Waals surface area contributed by atoms with Crippen LogP contribution < -0.4 is 10.6 Å². The molecule has 0 radical (unpaired) electrons. The third-order valence-electron chi connectivity index (χ3n) is 8.32. The molecule has 3 N–H and O–H groups in total. The number of amides is 2. The average Bonchev–Trinajstić information content (AvgIpc) is 3.02. The number of benzene rings is 3. The van der Waals surface area contributed by atoms with Crippen molar-refractivity contribution in [3.8, 4) is 11.1 Å². The molecule has 0 bridgehead atoms. The van der Waals surface area contributed by atoms with Crippen molar-refractivity contribution in [2.75, 3.05) is 33.8 Å². The van der Waals surface area contributed by atoms with E-state index in [2.05, 4.69) is 15.4 Å². The van der Waals surface area contributed by atoms with Crippen LogP contribution in [0.4, 0.5) is 13.6 Å². The van der Waals surface area contributed by atoms with Gasteiger partial charge in [0.15, 0.2) is 0 Å². The summed E-state index contributed by atoms with van der Waals surface area (Å²) in [5.41, 5.74) is 1.60. The summed E-state index contributed by atoms with van der Waals surface area (Å²) in [6, 6.07) is 16.9. The zero-order valence-corrected chi connectivity index (χ0v) is 25.1. The van der Waals surface area contributed by atoms with Crippen LogP contribution in [0.5, 0.6) is 0 Å². The summed E-state index contributed by atoms with van der Waals surface area (Å²) in [6.07, 6.45) is 1.94. The van der Waals surface area contributed by atoms with Crippen molar-refractivity contribution in [2.24, 2.45) is 5.92 Å². The molecule has 7 nitrogen and oxygen atoms in total. The SMILES string of the molecule is CCc1cccc(-c2c(F)cccc2C(O)(CCCNC(=O)OC)C2CCCN(C(=O)c3ccc(CNC)cc3F)C2)c1. The molecule has 230 valence electrons. The van der Waals surface area contributed by atoms with Gasteiger partial charge >= 0.3 is 6.09 Å². The second kappa shape index (κ2) is 14.6. The number of hydrogen-bond donors (Lipinski definition) is 3. The molecule has 2 atom stereocenters. The van der Waals surface area contributed by atoms with Crippen molar-refractivity contribution in [1.29, 1.82) is 0 Å². The first-order valence-corrected chi connectivity index (χ1v) is 14.9. The van der Waals surface area contributed by atoms with E-state index in [1.165, 1.54) is 25.3 Å². The van der Waals surface area contributed by atoms with Gasteiger partial charge in [-0.15, -0.1) is 0 Å². The molecule has 3 aromatic carbocycles. The van der Waals surface area contributed by atoms with E-state index in [0.717, 1.165) is 17.5 Å². The Kier molecular flexibility index (Phi) is 10.9. The van der Waals surface area contributed by atoms with Crippen LogP contribution in [-0.2, 0) is 23.3 Å². The zero-order chi connectivity index (χ0) is 31.0. The predicted octanol–water partition coefficient (Wildman–Crippen LogP) is 5.79. The van der Waals surface area contributed by atoms with E-state index in [0.29, 0.717) is 49.0 Å². The van der Waals surface area contributed by atoms with Gasteiger partial charge in [-0.1, -0.05) is 49.4 Å². The van der Waals surface area contributed by atoms with Gasteiger partial charge in [0, 0.05) is 37.7 Å². The number of nitrogens with one attached hydrogen (secondary N) is 2. The molecule has 2 amide bonds. The van der Waals surface area contributed by atoms with Crippen LogP contribution in [0, 0.1) is 17.6 Å². The lowest BCUT2D eigenvalue weighted by molar-refractivity contribution is -0.0565. The zero-order valence-electron chi connectivity index (χ0n) is 25.1. The summed E-state index contributed by atoms with van der Waals surface area (Å²) in [5, 5.41) is 18.2. The lowest BCUT2D eigenvalue weighted by atomic mass is 9.72. The fraction of sp³-hybridized carbons (Fsp3) is 0.412. The molecule has 0 spiro atoms. The van der Waals surface area contributed by atoms with Gasteiger partial charge in [-0.25, -0.2) is 13.6 Å². The van der Waals surface area contributed by atoms with Crippen molar-refractivity contribution >= 4 is 12.0 Å². The summed E-state index contributed by atoms with van der Waals surface area (Å²) in [6.45, 7) is 3.33. The highest BCUT2D eigenvalue weighted by Gasteiger charge is 2.43. The summed E-state index contributed by atoms with van der Waals surface area (Å²) < 4.78 is 35.4. The van der Waals surface area contributed by atoms with Gasteiger partial charge in [0.1, 0.15) is 11.6 Å². The number of aliphatic hydroxyl groups is 1. The Morgan fingerprint density at radius 2 is 1.86 bits per heavy atom. The molecule has 0 saturated carbocycles. The van der Waals surface area contributed by atoms with E-state index in [4.69, 9.17) is 0 Å². The van der Waals surface area contributed by atoms with Crippen LogP contribution in [0.25, 0.3) is 11.1 Å². The molecule has 0 aliphatic carbocycles. The Hall–Kier alpha value is -3.82. The maximum atomic E-state index is 15.7. The molecule has 43 heavy (non-hydrogen) atoms. The van der Waals surface area contributed by atoms with Crippen molar-refractivity contribution in [1.82, 2.24) is 15.5 Å². The number of hydrogen-bond acceptors (Lipinski definition) is 5. The number of carbonyl (C=O) groups is 2. The van der Waals surface area contributed by atoms with Crippen LogP contribution in [-0.4, -0.2) is 55.8 Å². The second-order valence-electron chi connectivity index (χ2n) is 11.1. The maximum Gasteiger partial charge on any atom is 0.406 e. The van der Waals surface area contributed by atoms with Gasteiger partial charge in [0.25, 0.3) is 5.91 Å². The predicted molar refractivity (Wildman–Crippen MR) is 163 cm³/mol. The van der Waals surface area contributed by atoms with E-state index in [1.807, 2.05) is 31.2 Å². The summed E-state index contributed by atoms with van der Waals surface area (Å²) in [5.74, 6) is -1.95. The number of piperidine rings is 1. The molecule has 3 aromatic rings. The number of nitrogens with zero attached hydrogens (tertiary/aromatic N) is 1. The van der Waals surface area contributed by atoms with Crippen LogP contribution >= 0.6 is 0 Å². The van der Waals surface area contributed by atoms with Crippen molar-refractivity contribution in [2.45, 2.75) is 51.2 Å². The second-order valence-corrected chi connectivity index (χ2v) is 11.1. The topological polar surface area (TPSA) is 90.9 Å². The van der Waals surface area contributed by atoms with Gasteiger partial charge in [-0.3, -0.25) is 4.79 Å². The van der Waals surface area contributed by atoms with Crippen LogP contribution in [0.2, 0.25) is 0 Å². The molecule has 2 unspecified atom stereocenters. The molecular weight excluding hydrogens is 552 g/mol. The molecule has 1 aliphatic rings. The Balaban J connectivity index is 1.70. The number of rotatable bonds is 11. The van der Waals surface area contributed by atoms with Crippen LogP contribution in [0.3, 0.4) is 0 Å². The average molecular weight is 594 g/mol. The van der Waals surface area contributed by atoms with Gasteiger partial charge < -0.3 is 25.4 Å². The first kappa shape index (κ1) is 32.1. The molecule has 1 heterocycles. The third-order valence-corrected chi connectivity index (χ3v) is 8.32. The molecular formula is C34H41F2N3O4. The molecule has 4 rings (SSSR count). The van der Waals surface area contributed by atoms with Crippen LogP contribution in [0.1, 0.15) is 59.7 Å². The van der Waals surface area contributed by atoms with E-state index < -0.39 is 35.2 Å². The van der Waals surface area contributed by atoms with E-state index in [9.17, 15) is 14.7 Å². The number of aryl methyl sites for hydroxylation is 1.